The summed E-state index contributed by atoms with van der Waals surface area (Å²) in [6.07, 6.45) is 0. The summed E-state index contributed by atoms with van der Waals surface area (Å²) in [5.41, 5.74) is 3.21. The summed E-state index contributed by atoms with van der Waals surface area (Å²) in [7, 11) is -7.62. The van der Waals surface area contributed by atoms with E-state index in [0.29, 0.717) is 11.0 Å². The van der Waals surface area contributed by atoms with Gasteiger partial charge in [0.2, 0.25) is 28.4 Å². The fourth-order valence-electron chi connectivity index (χ4n) is 2.68. The average molecular weight is 453 g/mol. The van der Waals surface area contributed by atoms with Crippen molar-refractivity contribution in [3.8, 4) is 0 Å². The highest BCUT2D eigenvalue weighted by Crippen LogP contribution is 2.29. The van der Waals surface area contributed by atoms with Crippen molar-refractivity contribution in [1.82, 2.24) is 9.97 Å². The van der Waals surface area contributed by atoms with Crippen LogP contribution in [-0.4, -0.2) is 38.3 Å². The fourth-order valence-corrected chi connectivity index (χ4v) is 8.91. The van der Waals surface area contributed by atoms with Gasteiger partial charge in [0, 0.05) is 0 Å². The highest BCUT2D eigenvalue weighted by atomic mass is 32.2. The molecule has 2 aromatic carbocycles. The standard InChI is InChI=1S/C18H16N2O4S4/c1-11-3-5-13-15(9-11)25-17(19-13)27(21,22)7-8-28(23,24)18-20-14-6-4-12(2)10-16(14)26-18/h3-6,9-10H,7-8H2,1-2H3. The third kappa shape index (κ3) is 3.69. The van der Waals surface area contributed by atoms with Gasteiger partial charge in [-0.25, -0.2) is 26.8 Å². The quantitative estimate of drug-likeness (QED) is 0.457. The number of aryl methyl sites for hydroxylation is 2. The number of hydrogen-bond donors (Lipinski definition) is 0. The third-order valence-corrected chi connectivity index (χ3v) is 10.8. The van der Waals surface area contributed by atoms with Gasteiger partial charge in [-0.2, -0.15) is 0 Å². The van der Waals surface area contributed by atoms with Crippen molar-refractivity contribution in [1.29, 1.82) is 0 Å². The number of benzene rings is 2. The maximum absolute atomic E-state index is 12.6. The summed E-state index contributed by atoms with van der Waals surface area (Å²) in [6, 6.07) is 11.0. The van der Waals surface area contributed by atoms with E-state index in [-0.39, 0.29) is 8.68 Å². The van der Waals surface area contributed by atoms with Crippen LogP contribution in [0.25, 0.3) is 20.4 Å². The molecule has 6 nitrogen and oxygen atoms in total. The van der Waals surface area contributed by atoms with Gasteiger partial charge >= 0.3 is 0 Å². The van der Waals surface area contributed by atoms with Crippen LogP contribution in [0.3, 0.4) is 0 Å². The Morgan fingerprint density at radius 1 is 0.714 bits per heavy atom. The second-order valence-corrected chi connectivity index (χ2v) is 13.2. The van der Waals surface area contributed by atoms with Gasteiger partial charge in [-0.3, -0.25) is 0 Å². The smallest absolute Gasteiger partial charge is 0.210 e. The Hall–Kier alpha value is -1.88. The van der Waals surface area contributed by atoms with E-state index in [9.17, 15) is 16.8 Å². The number of thiazole rings is 2. The van der Waals surface area contributed by atoms with E-state index in [1.165, 1.54) is 0 Å². The first-order valence-electron chi connectivity index (χ1n) is 8.34. The van der Waals surface area contributed by atoms with Crippen molar-refractivity contribution in [2.75, 3.05) is 11.5 Å². The van der Waals surface area contributed by atoms with Gasteiger partial charge in [0.05, 0.1) is 31.9 Å². The Kier molecular flexibility index (Phi) is 4.77. The molecule has 0 aliphatic carbocycles. The minimum atomic E-state index is -3.81. The minimum Gasteiger partial charge on any atom is -0.225 e. The molecule has 0 saturated heterocycles. The third-order valence-electron chi connectivity index (χ3n) is 4.20. The minimum absolute atomic E-state index is 0.0526. The summed E-state index contributed by atoms with van der Waals surface area (Å²) in [6.45, 7) is 3.83. The molecule has 28 heavy (non-hydrogen) atoms. The summed E-state index contributed by atoms with van der Waals surface area (Å²) in [5, 5.41) is 0. The molecule has 4 rings (SSSR count). The molecule has 2 heterocycles. The number of nitrogens with zero attached hydrogens (tertiary/aromatic N) is 2. The van der Waals surface area contributed by atoms with Gasteiger partial charge in [0.25, 0.3) is 0 Å². The molecule has 0 atom stereocenters. The van der Waals surface area contributed by atoms with Gasteiger partial charge in [0.15, 0.2) is 0 Å². The highest BCUT2D eigenvalue weighted by molar-refractivity contribution is 7.97. The topological polar surface area (TPSA) is 94.1 Å². The molecule has 4 aromatic rings. The number of rotatable bonds is 5. The van der Waals surface area contributed by atoms with Crippen molar-refractivity contribution < 1.29 is 16.8 Å². The van der Waals surface area contributed by atoms with Crippen molar-refractivity contribution in [2.45, 2.75) is 22.5 Å². The van der Waals surface area contributed by atoms with Gasteiger partial charge in [-0.15, -0.1) is 22.7 Å². The molecule has 0 fully saturated rings. The number of fused-ring (bicyclic) bond motifs is 2. The van der Waals surface area contributed by atoms with Crippen LogP contribution in [0.5, 0.6) is 0 Å². The molecule has 0 aliphatic heterocycles. The summed E-state index contributed by atoms with van der Waals surface area (Å²) >= 11 is 2.13. The maximum Gasteiger partial charge on any atom is 0.210 e. The predicted molar refractivity (Wildman–Crippen MR) is 113 cm³/mol. The largest absolute Gasteiger partial charge is 0.225 e. The van der Waals surface area contributed by atoms with Crippen molar-refractivity contribution in [2.24, 2.45) is 0 Å². The van der Waals surface area contributed by atoms with E-state index >= 15 is 0 Å². The first-order chi connectivity index (χ1) is 13.1. The van der Waals surface area contributed by atoms with Crippen LogP contribution in [0.2, 0.25) is 0 Å². The van der Waals surface area contributed by atoms with Gasteiger partial charge < -0.3 is 0 Å². The van der Waals surface area contributed by atoms with Crippen molar-refractivity contribution in [3.05, 3.63) is 47.5 Å². The SMILES string of the molecule is Cc1ccc2nc(S(=O)(=O)CCS(=O)(=O)c3nc4ccc(C)cc4s3)sc2c1. The van der Waals surface area contributed by atoms with Crippen LogP contribution in [0.1, 0.15) is 11.1 Å². The molecule has 0 bridgehead atoms. The Morgan fingerprint density at radius 2 is 1.11 bits per heavy atom. The molecular formula is C18H16N2O4S4. The molecule has 0 saturated carbocycles. The molecule has 0 unspecified atom stereocenters. The predicted octanol–water partition coefficient (Wildman–Crippen LogP) is 3.77. The lowest BCUT2D eigenvalue weighted by Crippen LogP contribution is -2.17. The fraction of sp³-hybridized carbons (Fsp3) is 0.222. The van der Waals surface area contributed by atoms with Crippen LogP contribution in [0, 0.1) is 13.8 Å². The summed E-state index contributed by atoms with van der Waals surface area (Å²) in [5.74, 6) is -1.05. The lowest BCUT2D eigenvalue weighted by Gasteiger charge is -2.01. The Balaban J connectivity index is 1.60. The Morgan fingerprint density at radius 3 is 1.50 bits per heavy atom. The number of hydrogen-bond acceptors (Lipinski definition) is 8. The van der Waals surface area contributed by atoms with E-state index < -0.39 is 31.2 Å². The van der Waals surface area contributed by atoms with Crippen LogP contribution in [-0.2, 0) is 19.7 Å². The normalized spacial score (nSPS) is 12.8. The van der Waals surface area contributed by atoms with E-state index in [1.807, 2.05) is 38.1 Å². The molecule has 0 N–H and O–H groups in total. The molecule has 146 valence electrons. The Labute approximate surface area is 170 Å². The van der Waals surface area contributed by atoms with Crippen LogP contribution in [0.15, 0.2) is 45.1 Å². The monoisotopic (exact) mass is 452 g/mol. The van der Waals surface area contributed by atoms with Crippen molar-refractivity contribution in [3.63, 3.8) is 0 Å². The number of aromatic nitrogens is 2. The zero-order valence-electron chi connectivity index (χ0n) is 15.0. The van der Waals surface area contributed by atoms with E-state index in [4.69, 9.17) is 0 Å². The second-order valence-electron chi connectivity index (χ2n) is 6.54. The maximum atomic E-state index is 12.6. The second kappa shape index (κ2) is 6.87. The molecular weight excluding hydrogens is 436 g/mol. The van der Waals surface area contributed by atoms with E-state index in [0.717, 1.165) is 43.2 Å². The van der Waals surface area contributed by atoms with Gasteiger partial charge in [0.1, 0.15) is 0 Å². The summed E-state index contributed by atoms with van der Waals surface area (Å²) < 4.78 is 52.0. The average Bonchev–Trinajstić information content (AvgIpc) is 3.24. The van der Waals surface area contributed by atoms with Crippen LogP contribution in [0.4, 0.5) is 0 Å². The van der Waals surface area contributed by atoms with E-state index in [2.05, 4.69) is 9.97 Å². The lowest BCUT2D eigenvalue weighted by molar-refractivity contribution is 0.587. The van der Waals surface area contributed by atoms with Crippen LogP contribution < -0.4 is 0 Å². The summed E-state index contributed by atoms with van der Waals surface area (Å²) in [4.78, 5) is 8.33. The molecule has 0 amide bonds. The lowest BCUT2D eigenvalue weighted by atomic mass is 10.2. The molecule has 0 spiro atoms. The number of sulfone groups is 2. The Bertz CT molecular complexity index is 1310. The van der Waals surface area contributed by atoms with Crippen molar-refractivity contribution >= 4 is 62.8 Å². The molecule has 0 aliphatic rings. The molecule has 10 heteroatoms. The molecule has 2 aromatic heterocycles. The zero-order chi connectivity index (χ0) is 20.1. The van der Waals surface area contributed by atoms with Gasteiger partial charge in [-0.05, 0) is 49.2 Å². The first kappa shape index (κ1) is 19.4. The van der Waals surface area contributed by atoms with E-state index in [1.54, 1.807) is 12.1 Å². The molecule has 0 radical (unpaired) electrons. The zero-order valence-corrected chi connectivity index (χ0v) is 18.3. The van der Waals surface area contributed by atoms with Gasteiger partial charge in [-0.1, -0.05) is 12.1 Å². The first-order valence-corrected chi connectivity index (χ1v) is 13.3. The van der Waals surface area contributed by atoms with Crippen LogP contribution >= 0.6 is 22.7 Å². The highest BCUT2D eigenvalue weighted by Gasteiger charge is 2.26.